The Labute approximate surface area is 131 Å². The molecule has 0 amide bonds. The average molecular weight is 308 g/mol. The topological polar surface area (TPSA) is 57.3 Å². The van der Waals surface area contributed by atoms with Gasteiger partial charge in [0.05, 0.1) is 13.2 Å². The van der Waals surface area contributed by atoms with Crippen LogP contribution in [-0.2, 0) is 20.6 Å². The Balaban J connectivity index is 1.65. The van der Waals surface area contributed by atoms with Crippen molar-refractivity contribution in [2.45, 2.75) is 45.3 Å². The molecule has 122 valence electrons. The zero-order valence-electron chi connectivity index (χ0n) is 13.3. The van der Waals surface area contributed by atoms with Crippen molar-refractivity contribution in [3.8, 4) is 5.75 Å². The summed E-state index contributed by atoms with van der Waals surface area (Å²) in [6.07, 6.45) is 3.01. The molecule has 0 aromatic heterocycles. The number of unbranched alkanes of at least 4 members (excludes halogenated alkanes) is 1. The maximum Gasteiger partial charge on any atom is 0.510 e. The molecule has 1 heterocycles. The van der Waals surface area contributed by atoms with Gasteiger partial charge in [-0.25, -0.2) is 4.79 Å². The number of hydrogen-bond acceptors (Lipinski definition) is 5. The van der Waals surface area contributed by atoms with E-state index in [1.54, 1.807) is 6.92 Å². The average Bonchev–Trinajstić information content (AvgIpc) is 3.25. The number of carbonyl (C=O) groups excluding carboxylic acids is 1. The van der Waals surface area contributed by atoms with Crippen LogP contribution in [0.15, 0.2) is 24.3 Å². The summed E-state index contributed by atoms with van der Waals surface area (Å²) >= 11 is 0. The Bertz CT molecular complexity index is 464. The lowest BCUT2D eigenvalue weighted by molar-refractivity contribution is -0.0380. The summed E-state index contributed by atoms with van der Waals surface area (Å²) in [5.41, 5.74) is 1.28. The lowest BCUT2D eigenvalue weighted by Gasteiger charge is -2.12. The Hall–Kier alpha value is -1.75. The third-order valence-electron chi connectivity index (χ3n) is 3.51. The van der Waals surface area contributed by atoms with E-state index in [9.17, 15) is 4.79 Å². The van der Waals surface area contributed by atoms with Crippen LogP contribution in [0, 0.1) is 0 Å². The fraction of sp³-hybridized carbons (Fsp3) is 0.588. The van der Waals surface area contributed by atoms with Gasteiger partial charge in [-0.15, -0.1) is 0 Å². The molecule has 0 bridgehead atoms. The van der Waals surface area contributed by atoms with E-state index < -0.39 is 11.9 Å². The largest absolute Gasteiger partial charge is 0.510 e. The van der Waals surface area contributed by atoms with Crippen LogP contribution in [0.25, 0.3) is 0 Å². The van der Waals surface area contributed by atoms with Gasteiger partial charge in [-0.2, -0.15) is 0 Å². The zero-order valence-corrected chi connectivity index (χ0v) is 13.3. The molecule has 1 aliphatic heterocycles. The quantitative estimate of drug-likeness (QED) is 0.395. The summed E-state index contributed by atoms with van der Waals surface area (Å²) in [7, 11) is 0. The maximum atomic E-state index is 11.3. The van der Waals surface area contributed by atoms with Crippen LogP contribution >= 0.6 is 0 Å². The van der Waals surface area contributed by atoms with Crippen LogP contribution in [0.1, 0.15) is 38.7 Å². The molecule has 0 N–H and O–H groups in total. The fourth-order valence-electron chi connectivity index (χ4n) is 2.28. The number of aryl methyl sites for hydroxylation is 1. The summed E-state index contributed by atoms with van der Waals surface area (Å²) in [5.74, 6) is 0.171. The van der Waals surface area contributed by atoms with Crippen LogP contribution in [0.4, 0.5) is 4.79 Å². The lowest BCUT2D eigenvalue weighted by atomic mass is 10.1. The van der Waals surface area contributed by atoms with Crippen molar-refractivity contribution in [2.75, 3.05) is 19.8 Å². The van der Waals surface area contributed by atoms with E-state index in [1.165, 1.54) is 5.56 Å². The molecule has 5 nitrogen and oxygen atoms in total. The molecule has 1 unspecified atom stereocenters. The van der Waals surface area contributed by atoms with Crippen molar-refractivity contribution in [3.05, 3.63) is 29.8 Å². The molecule has 0 radical (unpaired) electrons. The standard InChI is InChI=1S/C17H24O5/c1-3-19-15-10-8-14(9-11-15)7-5-6-12-17(13-21-17)22-16(18)20-4-2/h8-11H,3-7,12-13H2,1-2H3. The number of rotatable bonds is 9. The van der Waals surface area contributed by atoms with Gasteiger partial charge < -0.3 is 18.9 Å². The van der Waals surface area contributed by atoms with E-state index in [-0.39, 0.29) is 0 Å². The first-order valence-electron chi connectivity index (χ1n) is 7.89. The molecule has 2 rings (SSSR count). The predicted molar refractivity (Wildman–Crippen MR) is 82.0 cm³/mol. The highest BCUT2D eigenvalue weighted by molar-refractivity contribution is 5.60. The highest BCUT2D eigenvalue weighted by Gasteiger charge is 2.49. The third-order valence-corrected chi connectivity index (χ3v) is 3.51. The van der Waals surface area contributed by atoms with Gasteiger partial charge >= 0.3 is 6.16 Å². The minimum Gasteiger partial charge on any atom is -0.494 e. The molecule has 0 saturated carbocycles. The van der Waals surface area contributed by atoms with Crippen molar-refractivity contribution in [2.24, 2.45) is 0 Å². The SMILES string of the molecule is CCOC(=O)OC1(CCCCc2ccc(OCC)cc2)CO1. The van der Waals surface area contributed by atoms with Gasteiger partial charge in [0.25, 0.3) is 0 Å². The molecule has 1 saturated heterocycles. The highest BCUT2D eigenvalue weighted by atomic mass is 16.8. The second-order valence-corrected chi connectivity index (χ2v) is 5.27. The molecule has 22 heavy (non-hydrogen) atoms. The van der Waals surface area contributed by atoms with Gasteiger partial charge in [-0.05, 0) is 50.8 Å². The normalized spacial score (nSPS) is 19.5. The minimum atomic E-state index is -0.731. The Morgan fingerprint density at radius 3 is 2.50 bits per heavy atom. The molecule has 0 aliphatic carbocycles. The van der Waals surface area contributed by atoms with Gasteiger partial charge in [0.15, 0.2) is 0 Å². The third kappa shape index (κ3) is 5.22. The van der Waals surface area contributed by atoms with Crippen molar-refractivity contribution in [1.82, 2.24) is 0 Å². The number of carbonyl (C=O) groups is 1. The van der Waals surface area contributed by atoms with Gasteiger partial charge in [-0.3, -0.25) is 0 Å². The molecule has 1 aliphatic rings. The number of hydrogen-bond donors (Lipinski definition) is 0. The monoisotopic (exact) mass is 308 g/mol. The molecule has 5 heteroatoms. The van der Waals surface area contributed by atoms with E-state index in [0.717, 1.165) is 25.0 Å². The molecule has 1 atom stereocenters. The molecule has 1 fully saturated rings. The summed E-state index contributed by atoms with van der Waals surface area (Å²) in [5, 5.41) is 0. The maximum absolute atomic E-state index is 11.3. The molecule has 1 aromatic rings. The second-order valence-electron chi connectivity index (χ2n) is 5.27. The fourth-order valence-corrected chi connectivity index (χ4v) is 2.28. The van der Waals surface area contributed by atoms with Crippen LogP contribution < -0.4 is 4.74 Å². The van der Waals surface area contributed by atoms with Crippen LogP contribution in [-0.4, -0.2) is 31.8 Å². The summed E-state index contributed by atoms with van der Waals surface area (Å²) in [4.78, 5) is 11.3. The summed E-state index contributed by atoms with van der Waals surface area (Å²) < 4.78 is 20.6. The first-order chi connectivity index (χ1) is 10.7. The van der Waals surface area contributed by atoms with Gasteiger partial charge in [0, 0.05) is 6.42 Å². The first-order valence-corrected chi connectivity index (χ1v) is 7.89. The van der Waals surface area contributed by atoms with Crippen molar-refractivity contribution < 1.29 is 23.7 Å². The van der Waals surface area contributed by atoms with Gasteiger partial charge in [0.1, 0.15) is 12.4 Å². The summed E-state index contributed by atoms with van der Waals surface area (Å²) in [6, 6.07) is 8.16. The Morgan fingerprint density at radius 1 is 1.18 bits per heavy atom. The first kappa shape index (κ1) is 16.6. The lowest BCUT2D eigenvalue weighted by Crippen LogP contribution is -2.22. The van der Waals surface area contributed by atoms with Gasteiger partial charge in [0.2, 0.25) is 5.79 Å². The predicted octanol–water partition coefficient (Wildman–Crippen LogP) is 3.70. The van der Waals surface area contributed by atoms with E-state index in [2.05, 4.69) is 12.1 Å². The summed E-state index contributed by atoms with van der Waals surface area (Å²) in [6.45, 7) is 5.18. The van der Waals surface area contributed by atoms with Gasteiger partial charge in [-0.1, -0.05) is 12.1 Å². The molecular formula is C17H24O5. The zero-order chi connectivity index (χ0) is 15.8. The van der Waals surface area contributed by atoms with Crippen molar-refractivity contribution in [3.63, 3.8) is 0 Å². The number of epoxide rings is 1. The Kier molecular flexibility index (Phi) is 6.07. The van der Waals surface area contributed by atoms with E-state index in [0.29, 0.717) is 26.2 Å². The highest BCUT2D eigenvalue weighted by Crippen LogP contribution is 2.34. The smallest absolute Gasteiger partial charge is 0.494 e. The van der Waals surface area contributed by atoms with E-state index >= 15 is 0 Å². The Morgan fingerprint density at radius 2 is 1.91 bits per heavy atom. The van der Waals surface area contributed by atoms with Crippen LogP contribution in [0.3, 0.4) is 0 Å². The second kappa shape index (κ2) is 8.03. The van der Waals surface area contributed by atoms with Crippen molar-refractivity contribution in [1.29, 1.82) is 0 Å². The molecular weight excluding hydrogens is 284 g/mol. The van der Waals surface area contributed by atoms with Crippen LogP contribution in [0.5, 0.6) is 5.75 Å². The molecule has 0 spiro atoms. The van der Waals surface area contributed by atoms with Crippen LogP contribution in [0.2, 0.25) is 0 Å². The number of ether oxygens (including phenoxy) is 4. The number of benzene rings is 1. The molecule has 1 aromatic carbocycles. The minimum absolute atomic E-state index is 0.312. The van der Waals surface area contributed by atoms with E-state index in [1.807, 2.05) is 19.1 Å². The van der Waals surface area contributed by atoms with E-state index in [4.69, 9.17) is 18.9 Å². The van der Waals surface area contributed by atoms with Crippen molar-refractivity contribution >= 4 is 6.16 Å².